The zero-order valence-corrected chi connectivity index (χ0v) is 12.0. The van der Waals surface area contributed by atoms with Gasteiger partial charge in [0.05, 0.1) is 5.69 Å². The van der Waals surface area contributed by atoms with E-state index in [1.807, 2.05) is 18.3 Å². The molecule has 4 nitrogen and oxygen atoms in total. The van der Waals surface area contributed by atoms with Crippen molar-refractivity contribution in [3.05, 3.63) is 30.1 Å². The number of piperazine rings is 1. The van der Waals surface area contributed by atoms with Crippen molar-refractivity contribution in [1.29, 1.82) is 0 Å². The monoisotopic (exact) mass is 263 g/mol. The Bertz CT molecular complexity index is 369. The number of nitrogens with zero attached hydrogens (tertiary/aromatic N) is 3. The molecule has 1 fully saturated rings. The van der Waals surface area contributed by atoms with E-state index in [1.54, 1.807) is 0 Å². The molecule has 1 N–H and O–H groups in total. The summed E-state index contributed by atoms with van der Waals surface area (Å²) in [5, 5.41) is 9.24. The predicted molar refractivity (Wildman–Crippen MR) is 76.8 cm³/mol. The van der Waals surface area contributed by atoms with E-state index in [4.69, 9.17) is 0 Å². The van der Waals surface area contributed by atoms with Gasteiger partial charge in [0.2, 0.25) is 0 Å². The molecule has 1 saturated heterocycles. The van der Waals surface area contributed by atoms with Crippen LogP contribution in [0.5, 0.6) is 0 Å². The molecule has 0 bridgehead atoms. The lowest BCUT2D eigenvalue weighted by Crippen LogP contribution is -2.55. The first kappa shape index (κ1) is 14.4. The van der Waals surface area contributed by atoms with Crippen LogP contribution < -0.4 is 0 Å². The number of hydrogen-bond acceptors (Lipinski definition) is 4. The van der Waals surface area contributed by atoms with E-state index in [0.29, 0.717) is 12.1 Å². The third-order valence-electron chi connectivity index (χ3n) is 3.85. The van der Waals surface area contributed by atoms with Crippen LogP contribution in [-0.2, 0) is 6.54 Å². The first-order chi connectivity index (χ1) is 9.20. The molecule has 1 aliphatic heterocycles. The molecule has 1 aromatic heterocycles. The molecule has 106 valence electrons. The summed E-state index contributed by atoms with van der Waals surface area (Å²) < 4.78 is 0. The molecule has 0 saturated carbocycles. The molecule has 19 heavy (non-hydrogen) atoms. The number of aliphatic hydroxyl groups is 1. The van der Waals surface area contributed by atoms with Gasteiger partial charge in [0.15, 0.2) is 0 Å². The lowest BCUT2D eigenvalue weighted by molar-refractivity contribution is 0.0344. The highest BCUT2D eigenvalue weighted by Gasteiger charge is 2.28. The van der Waals surface area contributed by atoms with Crippen molar-refractivity contribution < 1.29 is 5.11 Å². The summed E-state index contributed by atoms with van der Waals surface area (Å²) >= 11 is 0. The second kappa shape index (κ2) is 6.98. The molecular weight excluding hydrogens is 238 g/mol. The van der Waals surface area contributed by atoms with Gasteiger partial charge >= 0.3 is 0 Å². The van der Waals surface area contributed by atoms with Crippen molar-refractivity contribution in [2.45, 2.75) is 38.9 Å². The van der Waals surface area contributed by atoms with Crippen molar-refractivity contribution in [3.63, 3.8) is 0 Å². The fourth-order valence-electron chi connectivity index (χ4n) is 2.88. The molecule has 1 aromatic rings. The number of rotatable bonds is 5. The van der Waals surface area contributed by atoms with E-state index in [2.05, 4.69) is 34.7 Å². The van der Waals surface area contributed by atoms with Gasteiger partial charge in [0.25, 0.3) is 0 Å². The normalized spacial score (nSPS) is 22.0. The van der Waals surface area contributed by atoms with Crippen LogP contribution in [-0.4, -0.2) is 58.2 Å². The average Bonchev–Trinajstić information content (AvgIpc) is 2.40. The molecule has 0 spiro atoms. The summed E-state index contributed by atoms with van der Waals surface area (Å²) in [5.74, 6) is 0. The number of aromatic nitrogens is 1. The van der Waals surface area contributed by atoms with E-state index in [1.165, 1.54) is 0 Å². The SMILES string of the molecule is CC(C)N1CCN(Cc2ccccn2)CC1CCO. The van der Waals surface area contributed by atoms with E-state index < -0.39 is 0 Å². The molecule has 0 aromatic carbocycles. The average molecular weight is 263 g/mol. The zero-order chi connectivity index (χ0) is 13.7. The van der Waals surface area contributed by atoms with Crippen LogP contribution in [0.1, 0.15) is 26.0 Å². The van der Waals surface area contributed by atoms with Crippen LogP contribution >= 0.6 is 0 Å². The van der Waals surface area contributed by atoms with Crippen LogP contribution in [0.4, 0.5) is 0 Å². The van der Waals surface area contributed by atoms with Crippen molar-refractivity contribution in [1.82, 2.24) is 14.8 Å². The molecule has 0 radical (unpaired) electrons. The Hall–Kier alpha value is -0.970. The Labute approximate surface area is 116 Å². The molecule has 1 atom stereocenters. The van der Waals surface area contributed by atoms with Crippen molar-refractivity contribution in [2.75, 3.05) is 26.2 Å². The first-order valence-electron chi connectivity index (χ1n) is 7.19. The highest BCUT2D eigenvalue weighted by molar-refractivity contribution is 5.03. The molecule has 0 aliphatic carbocycles. The molecule has 2 heterocycles. The van der Waals surface area contributed by atoms with Crippen molar-refractivity contribution >= 4 is 0 Å². The topological polar surface area (TPSA) is 39.6 Å². The lowest BCUT2D eigenvalue weighted by atomic mass is 10.1. The fourth-order valence-corrected chi connectivity index (χ4v) is 2.88. The third kappa shape index (κ3) is 4.00. The van der Waals surface area contributed by atoms with Crippen LogP contribution in [0.25, 0.3) is 0 Å². The van der Waals surface area contributed by atoms with Gasteiger partial charge in [-0.25, -0.2) is 0 Å². The maximum Gasteiger partial charge on any atom is 0.0543 e. The minimum atomic E-state index is 0.269. The molecule has 1 unspecified atom stereocenters. The molecule has 4 heteroatoms. The van der Waals surface area contributed by atoms with E-state index >= 15 is 0 Å². The van der Waals surface area contributed by atoms with Crippen molar-refractivity contribution in [2.24, 2.45) is 0 Å². The van der Waals surface area contributed by atoms with E-state index in [0.717, 1.165) is 38.3 Å². The highest BCUT2D eigenvalue weighted by atomic mass is 16.3. The van der Waals surface area contributed by atoms with Gasteiger partial charge in [-0.2, -0.15) is 0 Å². The van der Waals surface area contributed by atoms with Gasteiger partial charge < -0.3 is 5.11 Å². The summed E-state index contributed by atoms with van der Waals surface area (Å²) in [7, 11) is 0. The number of hydrogen-bond donors (Lipinski definition) is 1. The zero-order valence-electron chi connectivity index (χ0n) is 12.0. The summed E-state index contributed by atoms with van der Waals surface area (Å²) in [4.78, 5) is 9.34. The minimum Gasteiger partial charge on any atom is -0.396 e. The van der Waals surface area contributed by atoms with Crippen LogP contribution in [0.2, 0.25) is 0 Å². The maximum absolute atomic E-state index is 9.24. The Morgan fingerprint density at radius 3 is 2.84 bits per heavy atom. The van der Waals surface area contributed by atoms with Gasteiger partial charge in [-0.1, -0.05) is 6.07 Å². The second-order valence-corrected chi connectivity index (χ2v) is 5.55. The van der Waals surface area contributed by atoms with Crippen LogP contribution in [0.3, 0.4) is 0 Å². The van der Waals surface area contributed by atoms with Gasteiger partial charge in [0, 0.05) is 51.1 Å². The third-order valence-corrected chi connectivity index (χ3v) is 3.85. The Balaban J connectivity index is 1.94. The Kier molecular flexibility index (Phi) is 5.31. The van der Waals surface area contributed by atoms with Crippen LogP contribution in [0.15, 0.2) is 24.4 Å². The van der Waals surface area contributed by atoms with E-state index in [-0.39, 0.29) is 6.61 Å². The standard InChI is InChI=1S/C15H25N3O/c1-13(2)18-9-8-17(12-15(18)6-10-19)11-14-5-3-4-7-16-14/h3-5,7,13,15,19H,6,8-12H2,1-2H3. The Morgan fingerprint density at radius 1 is 1.37 bits per heavy atom. The molecular formula is C15H25N3O. The second-order valence-electron chi connectivity index (χ2n) is 5.55. The van der Waals surface area contributed by atoms with Crippen molar-refractivity contribution in [3.8, 4) is 0 Å². The Morgan fingerprint density at radius 2 is 2.21 bits per heavy atom. The van der Waals surface area contributed by atoms with Gasteiger partial charge in [-0.05, 0) is 32.4 Å². The van der Waals surface area contributed by atoms with Gasteiger partial charge in [-0.15, -0.1) is 0 Å². The maximum atomic E-state index is 9.24. The highest BCUT2D eigenvalue weighted by Crippen LogP contribution is 2.17. The summed E-state index contributed by atoms with van der Waals surface area (Å²) in [5.41, 5.74) is 1.13. The molecule has 1 aliphatic rings. The lowest BCUT2D eigenvalue weighted by Gasteiger charge is -2.43. The summed E-state index contributed by atoms with van der Waals surface area (Å²) in [6.45, 7) is 8.83. The number of pyridine rings is 1. The fraction of sp³-hybridized carbons (Fsp3) is 0.667. The van der Waals surface area contributed by atoms with E-state index in [9.17, 15) is 5.11 Å². The molecule has 2 rings (SSSR count). The number of aliphatic hydroxyl groups excluding tert-OH is 1. The van der Waals surface area contributed by atoms with Gasteiger partial charge in [-0.3, -0.25) is 14.8 Å². The largest absolute Gasteiger partial charge is 0.396 e. The minimum absolute atomic E-state index is 0.269. The molecule has 0 amide bonds. The van der Waals surface area contributed by atoms with Gasteiger partial charge in [0.1, 0.15) is 0 Å². The smallest absolute Gasteiger partial charge is 0.0543 e. The predicted octanol–water partition coefficient (Wildman–Crippen LogP) is 1.36. The first-order valence-corrected chi connectivity index (χ1v) is 7.19. The summed E-state index contributed by atoms with van der Waals surface area (Å²) in [6.07, 6.45) is 2.71. The van der Waals surface area contributed by atoms with Crippen LogP contribution in [0, 0.1) is 0 Å². The summed E-state index contributed by atoms with van der Waals surface area (Å²) in [6, 6.07) is 7.08. The quantitative estimate of drug-likeness (QED) is 0.871.